The molecule has 31 heavy (non-hydrogen) atoms. The molecule has 0 spiro atoms. The summed E-state index contributed by atoms with van der Waals surface area (Å²) in [6.07, 6.45) is 1.39. The fourth-order valence-corrected chi connectivity index (χ4v) is 3.80. The molecule has 2 aromatic carbocycles. The molecule has 2 rings (SSSR count). The largest absolute Gasteiger partial charge is 0.496 e. The van der Waals surface area contributed by atoms with E-state index in [-0.39, 0.29) is 11.5 Å². The second-order valence-corrected chi connectivity index (χ2v) is 8.11. The van der Waals surface area contributed by atoms with Gasteiger partial charge >= 0.3 is 5.97 Å². The standard InChI is InChI=1S/C21H24O9S/c1-26-15-10-18(28-3)16(19(11-15)29-4)7-8-31(24,25)13-14-5-6-17(27-2)20(9-14)30-12-21(22)23/h5-11H,12-13H2,1-4H3,(H,22,23)/b8-7+. The molecule has 0 aliphatic rings. The topological polar surface area (TPSA) is 118 Å². The maximum atomic E-state index is 12.7. The number of carbonyl (C=O) groups is 1. The number of methoxy groups -OCH3 is 4. The molecule has 9 nitrogen and oxygen atoms in total. The molecule has 10 heteroatoms. The molecule has 0 aliphatic carbocycles. The average molecular weight is 452 g/mol. The highest BCUT2D eigenvalue weighted by atomic mass is 32.2. The Hall–Kier alpha value is -3.40. The van der Waals surface area contributed by atoms with E-state index < -0.39 is 22.4 Å². The number of ether oxygens (including phenoxy) is 5. The zero-order valence-electron chi connectivity index (χ0n) is 17.6. The Labute approximate surface area is 180 Å². The van der Waals surface area contributed by atoms with Crippen molar-refractivity contribution in [1.82, 2.24) is 0 Å². The van der Waals surface area contributed by atoms with Gasteiger partial charge in [0.25, 0.3) is 0 Å². The van der Waals surface area contributed by atoms with Crippen LogP contribution in [0.5, 0.6) is 28.7 Å². The van der Waals surface area contributed by atoms with Crippen LogP contribution in [0.25, 0.3) is 6.08 Å². The Morgan fingerprint density at radius 1 is 0.903 bits per heavy atom. The fraction of sp³-hybridized carbons (Fsp3) is 0.286. The van der Waals surface area contributed by atoms with Gasteiger partial charge < -0.3 is 28.8 Å². The fourth-order valence-electron chi connectivity index (χ4n) is 2.71. The maximum absolute atomic E-state index is 12.7. The lowest BCUT2D eigenvalue weighted by molar-refractivity contribution is -0.139. The molecule has 0 aliphatic heterocycles. The third-order valence-corrected chi connectivity index (χ3v) is 5.43. The van der Waals surface area contributed by atoms with Crippen LogP contribution in [-0.2, 0) is 20.4 Å². The highest BCUT2D eigenvalue weighted by Gasteiger charge is 2.15. The summed E-state index contributed by atoms with van der Waals surface area (Å²) in [5, 5.41) is 9.85. The van der Waals surface area contributed by atoms with E-state index in [9.17, 15) is 13.2 Å². The normalized spacial score (nSPS) is 11.2. The number of carboxylic acids is 1. The second-order valence-electron chi connectivity index (χ2n) is 6.22. The smallest absolute Gasteiger partial charge is 0.341 e. The van der Waals surface area contributed by atoms with Crippen molar-refractivity contribution in [2.24, 2.45) is 0 Å². The van der Waals surface area contributed by atoms with Gasteiger partial charge in [-0.3, -0.25) is 0 Å². The molecule has 0 saturated heterocycles. The van der Waals surface area contributed by atoms with Gasteiger partial charge in [-0.2, -0.15) is 0 Å². The second kappa shape index (κ2) is 10.6. The minimum absolute atomic E-state index is 0.139. The zero-order valence-corrected chi connectivity index (χ0v) is 18.4. The Bertz CT molecular complexity index is 1030. The minimum atomic E-state index is -3.70. The first-order valence-corrected chi connectivity index (χ1v) is 10.7. The van der Waals surface area contributed by atoms with Crippen LogP contribution in [0.1, 0.15) is 11.1 Å². The molecule has 0 unspecified atom stereocenters. The molecule has 0 radical (unpaired) electrons. The molecule has 168 valence electrons. The number of sulfone groups is 1. The van der Waals surface area contributed by atoms with E-state index in [2.05, 4.69) is 0 Å². The lowest BCUT2D eigenvalue weighted by atomic mass is 10.1. The first kappa shape index (κ1) is 23.9. The summed E-state index contributed by atoms with van der Waals surface area (Å²) >= 11 is 0. The third-order valence-electron chi connectivity index (χ3n) is 4.14. The number of benzene rings is 2. The number of carboxylic acid groups (broad SMARTS) is 1. The quantitative estimate of drug-likeness (QED) is 0.549. The Balaban J connectivity index is 2.31. The Morgan fingerprint density at radius 2 is 1.52 bits per heavy atom. The van der Waals surface area contributed by atoms with Crippen molar-refractivity contribution >= 4 is 21.9 Å². The van der Waals surface area contributed by atoms with Crippen LogP contribution in [-0.4, -0.2) is 54.5 Å². The lowest BCUT2D eigenvalue weighted by Gasteiger charge is -2.12. The molecule has 1 N–H and O–H groups in total. The van der Waals surface area contributed by atoms with Crippen LogP contribution in [0.4, 0.5) is 0 Å². The minimum Gasteiger partial charge on any atom is -0.496 e. The van der Waals surface area contributed by atoms with Gasteiger partial charge in [0.05, 0.1) is 39.8 Å². The predicted octanol–water partition coefficient (Wildman–Crippen LogP) is 2.77. The van der Waals surface area contributed by atoms with E-state index in [4.69, 9.17) is 28.8 Å². The van der Waals surface area contributed by atoms with E-state index in [1.165, 1.54) is 46.6 Å². The molecular formula is C21H24O9S. The summed E-state index contributed by atoms with van der Waals surface area (Å²) < 4.78 is 51.4. The summed E-state index contributed by atoms with van der Waals surface area (Å²) in [5.41, 5.74) is 0.842. The van der Waals surface area contributed by atoms with Crippen molar-refractivity contribution in [3.05, 3.63) is 46.9 Å². The van der Waals surface area contributed by atoms with Crippen molar-refractivity contribution < 1.29 is 42.0 Å². The van der Waals surface area contributed by atoms with E-state index in [0.29, 0.717) is 34.1 Å². The van der Waals surface area contributed by atoms with Gasteiger partial charge in [0.1, 0.15) is 17.2 Å². The first-order chi connectivity index (χ1) is 14.7. The first-order valence-electron chi connectivity index (χ1n) is 8.95. The van der Waals surface area contributed by atoms with Crippen LogP contribution in [0.15, 0.2) is 35.7 Å². The summed E-state index contributed by atoms with van der Waals surface area (Å²) in [6.45, 7) is -0.580. The van der Waals surface area contributed by atoms with Crippen LogP contribution >= 0.6 is 0 Å². The zero-order chi connectivity index (χ0) is 23.0. The molecule has 0 bridgehead atoms. The maximum Gasteiger partial charge on any atom is 0.341 e. The van der Waals surface area contributed by atoms with Crippen molar-refractivity contribution in [2.75, 3.05) is 35.0 Å². The molecule has 0 fully saturated rings. The Kier molecular flexibility index (Phi) is 8.14. The molecular weight excluding hydrogens is 428 g/mol. The molecule has 0 saturated carbocycles. The van der Waals surface area contributed by atoms with Gasteiger partial charge in [-0.15, -0.1) is 0 Å². The SMILES string of the molecule is COc1cc(OC)c(/C=C/S(=O)(=O)Cc2ccc(OC)c(OCC(=O)O)c2)c(OC)c1. The lowest BCUT2D eigenvalue weighted by Crippen LogP contribution is -2.10. The summed E-state index contributed by atoms with van der Waals surface area (Å²) in [4.78, 5) is 10.8. The average Bonchev–Trinajstić information content (AvgIpc) is 2.75. The van der Waals surface area contributed by atoms with Crippen molar-refractivity contribution in [3.63, 3.8) is 0 Å². The van der Waals surface area contributed by atoms with Crippen molar-refractivity contribution in [1.29, 1.82) is 0 Å². The summed E-state index contributed by atoms with van der Waals surface area (Å²) in [7, 11) is 2.11. The molecule has 2 aromatic rings. The number of hydrogen-bond donors (Lipinski definition) is 1. The van der Waals surface area contributed by atoms with E-state index in [0.717, 1.165) is 5.41 Å². The van der Waals surface area contributed by atoms with Gasteiger partial charge in [0.15, 0.2) is 27.9 Å². The molecule has 0 amide bonds. The molecule has 0 heterocycles. The van der Waals surface area contributed by atoms with Crippen LogP contribution in [0.2, 0.25) is 0 Å². The Morgan fingerprint density at radius 3 is 2.03 bits per heavy atom. The highest BCUT2D eigenvalue weighted by molar-refractivity contribution is 7.93. The van der Waals surface area contributed by atoms with Crippen LogP contribution in [0, 0.1) is 0 Å². The predicted molar refractivity (Wildman–Crippen MR) is 114 cm³/mol. The summed E-state index contributed by atoms with van der Waals surface area (Å²) in [6, 6.07) is 7.74. The van der Waals surface area contributed by atoms with E-state index in [1.807, 2.05) is 0 Å². The van der Waals surface area contributed by atoms with E-state index >= 15 is 0 Å². The van der Waals surface area contributed by atoms with Gasteiger partial charge in [-0.1, -0.05) is 6.07 Å². The van der Waals surface area contributed by atoms with Gasteiger partial charge in [0.2, 0.25) is 0 Å². The number of rotatable bonds is 11. The summed E-state index contributed by atoms with van der Waals surface area (Å²) in [5.74, 6) is 0.211. The number of aliphatic carboxylic acids is 1. The molecule has 0 aromatic heterocycles. The van der Waals surface area contributed by atoms with Gasteiger partial charge in [-0.25, -0.2) is 13.2 Å². The third kappa shape index (κ3) is 6.54. The van der Waals surface area contributed by atoms with Gasteiger partial charge in [0, 0.05) is 17.5 Å². The van der Waals surface area contributed by atoms with Crippen LogP contribution < -0.4 is 23.7 Å². The van der Waals surface area contributed by atoms with E-state index in [1.54, 1.807) is 18.2 Å². The number of hydrogen-bond acceptors (Lipinski definition) is 8. The van der Waals surface area contributed by atoms with Crippen LogP contribution in [0.3, 0.4) is 0 Å². The highest BCUT2D eigenvalue weighted by Crippen LogP contribution is 2.35. The van der Waals surface area contributed by atoms with Gasteiger partial charge in [-0.05, 0) is 23.8 Å². The van der Waals surface area contributed by atoms with Crippen molar-refractivity contribution in [3.8, 4) is 28.7 Å². The monoisotopic (exact) mass is 452 g/mol. The molecule has 0 atom stereocenters. The van der Waals surface area contributed by atoms with Crippen molar-refractivity contribution in [2.45, 2.75) is 5.75 Å².